The van der Waals surface area contributed by atoms with Gasteiger partial charge in [0.05, 0.1) is 37.9 Å². The van der Waals surface area contributed by atoms with E-state index in [9.17, 15) is 21.9 Å². The van der Waals surface area contributed by atoms with Crippen LogP contribution in [0.25, 0.3) is 0 Å². The van der Waals surface area contributed by atoms with E-state index < -0.39 is 43.5 Å². The summed E-state index contributed by atoms with van der Waals surface area (Å²) in [6.45, 7) is -0.157. The fraction of sp³-hybridized carbons (Fsp3) is 0.571. The zero-order chi connectivity index (χ0) is 18.8. The average molecular weight is 394 g/mol. The van der Waals surface area contributed by atoms with Gasteiger partial charge < -0.3 is 20.3 Å². The summed E-state index contributed by atoms with van der Waals surface area (Å²) in [7, 11) is -4.92. The van der Waals surface area contributed by atoms with Crippen LogP contribution < -0.4 is 15.2 Å². The Bertz CT molecular complexity index is 824. The van der Waals surface area contributed by atoms with Gasteiger partial charge in [-0.3, -0.25) is 0 Å². The Balaban J connectivity index is 2.50. The molecule has 25 heavy (non-hydrogen) atoms. The largest absolute Gasteiger partial charge is 0.497 e. The van der Waals surface area contributed by atoms with E-state index in [0.29, 0.717) is 5.75 Å². The first-order chi connectivity index (χ1) is 11.7. The Hall–Kier alpha value is -1.40. The highest BCUT2D eigenvalue weighted by atomic mass is 32.2. The molecule has 1 aliphatic heterocycles. The number of sulfonamides is 1. The van der Waals surface area contributed by atoms with E-state index in [4.69, 9.17) is 15.2 Å². The van der Waals surface area contributed by atoms with Gasteiger partial charge in [-0.25, -0.2) is 16.8 Å². The minimum Gasteiger partial charge on any atom is -0.497 e. The summed E-state index contributed by atoms with van der Waals surface area (Å²) in [5.74, 6) is -0.471. The van der Waals surface area contributed by atoms with Gasteiger partial charge >= 0.3 is 0 Å². The normalized spacial score (nSPS) is 22.9. The van der Waals surface area contributed by atoms with Crippen molar-refractivity contribution in [2.24, 2.45) is 5.73 Å². The van der Waals surface area contributed by atoms with Crippen molar-refractivity contribution in [1.82, 2.24) is 4.31 Å². The molecule has 1 heterocycles. The second-order valence-electron chi connectivity index (χ2n) is 5.63. The number of aliphatic hydroxyl groups excluding tert-OH is 1. The topological polar surface area (TPSA) is 136 Å². The maximum atomic E-state index is 13.1. The van der Waals surface area contributed by atoms with Crippen LogP contribution in [0.1, 0.15) is 0 Å². The van der Waals surface area contributed by atoms with E-state index in [1.165, 1.54) is 32.4 Å². The molecule has 11 heteroatoms. The number of benzene rings is 1. The summed E-state index contributed by atoms with van der Waals surface area (Å²) in [6, 6.07) is 3.09. The summed E-state index contributed by atoms with van der Waals surface area (Å²) in [5, 5.41) is 10.1. The highest BCUT2D eigenvalue weighted by molar-refractivity contribution is 7.92. The zero-order valence-corrected chi connectivity index (χ0v) is 15.6. The molecule has 0 amide bonds. The van der Waals surface area contributed by atoms with Gasteiger partial charge in [0.15, 0.2) is 9.84 Å². The van der Waals surface area contributed by atoms with E-state index in [-0.39, 0.29) is 23.7 Å². The van der Waals surface area contributed by atoms with Crippen LogP contribution in [0.5, 0.6) is 11.5 Å². The number of ether oxygens (including phenoxy) is 2. The Morgan fingerprint density at radius 1 is 1.28 bits per heavy atom. The summed E-state index contributed by atoms with van der Waals surface area (Å²) in [4.78, 5) is -0.152. The Morgan fingerprint density at radius 2 is 1.96 bits per heavy atom. The molecule has 0 bridgehead atoms. The predicted octanol–water partition coefficient (Wildman–Crippen LogP) is -1.19. The number of rotatable bonds is 7. The molecule has 0 saturated carbocycles. The van der Waals surface area contributed by atoms with Crippen molar-refractivity contribution in [3.05, 3.63) is 18.2 Å². The minimum atomic E-state index is -4.15. The van der Waals surface area contributed by atoms with Gasteiger partial charge in [-0.15, -0.1) is 0 Å². The molecular formula is C14H22N2O7S2. The number of nitrogens with two attached hydrogens (primary N) is 1. The van der Waals surface area contributed by atoms with Crippen LogP contribution >= 0.6 is 0 Å². The number of hydrogen-bond donors (Lipinski definition) is 2. The summed E-state index contributed by atoms with van der Waals surface area (Å²) in [5.41, 5.74) is 5.51. The Labute approximate surface area is 147 Å². The molecule has 1 aliphatic rings. The average Bonchev–Trinajstić information content (AvgIpc) is 2.83. The predicted molar refractivity (Wildman–Crippen MR) is 90.9 cm³/mol. The number of nitrogens with zero attached hydrogens (tertiary/aromatic N) is 1. The van der Waals surface area contributed by atoms with Crippen molar-refractivity contribution in [3.8, 4) is 11.5 Å². The third-order valence-electron chi connectivity index (χ3n) is 3.97. The molecule has 1 aromatic carbocycles. The maximum absolute atomic E-state index is 13.1. The molecule has 2 atom stereocenters. The number of aliphatic hydroxyl groups is 1. The van der Waals surface area contributed by atoms with Crippen molar-refractivity contribution >= 4 is 19.9 Å². The molecule has 142 valence electrons. The Kier molecular flexibility index (Phi) is 5.94. The van der Waals surface area contributed by atoms with Crippen molar-refractivity contribution in [2.45, 2.75) is 17.0 Å². The lowest BCUT2D eigenvalue weighted by atomic mass is 10.2. The number of methoxy groups -OCH3 is 2. The zero-order valence-electron chi connectivity index (χ0n) is 14.0. The quantitative estimate of drug-likeness (QED) is 0.589. The lowest BCUT2D eigenvalue weighted by Crippen LogP contribution is -2.48. The molecule has 3 N–H and O–H groups in total. The fourth-order valence-corrected chi connectivity index (χ4v) is 6.49. The lowest BCUT2D eigenvalue weighted by molar-refractivity contribution is 0.129. The third kappa shape index (κ3) is 4.06. The van der Waals surface area contributed by atoms with Crippen molar-refractivity contribution in [1.29, 1.82) is 0 Å². The summed E-state index contributed by atoms with van der Waals surface area (Å²) in [6.07, 6.45) is -1.31. The Morgan fingerprint density at radius 3 is 2.44 bits per heavy atom. The van der Waals surface area contributed by atoms with Gasteiger partial charge in [0, 0.05) is 19.2 Å². The number of hydrogen-bond acceptors (Lipinski definition) is 8. The molecule has 1 aromatic rings. The molecule has 1 fully saturated rings. The van der Waals surface area contributed by atoms with Gasteiger partial charge in [-0.1, -0.05) is 0 Å². The third-order valence-corrected chi connectivity index (χ3v) is 7.63. The first-order valence-electron chi connectivity index (χ1n) is 7.48. The molecule has 0 spiro atoms. The number of sulfone groups is 1. The van der Waals surface area contributed by atoms with Crippen LogP contribution in [0.3, 0.4) is 0 Å². The SMILES string of the molecule is COc1ccc(S(=O)(=O)N(CCN)[C@@H]2CS(=O)(=O)C[C@H]2O)c(OC)c1. The monoisotopic (exact) mass is 394 g/mol. The smallest absolute Gasteiger partial charge is 0.247 e. The molecule has 0 radical (unpaired) electrons. The highest BCUT2D eigenvalue weighted by Gasteiger charge is 2.45. The van der Waals surface area contributed by atoms with Crippen LogP contribution in [-0.4, -0.2) is 77.2 Å². The lowest BCUT2D eigenvalue weighted by Gasteiger charge is -2.29. The van der Waals surface area contributed by atoms with Gasteiger partial charge in [0.2, 0.25) is 10.0 Å². The van der Waals surface area contributed by atoms with Crippen molar-refractivity contribution in [2.75, 3.05) is 38.8 Å². The summed E-state index contributed by atoms with van der Waals surface area (Å²) >= 11 is 0. The van der Waals surface area contributed by atoms with E-state index in [1.807, 2.05) is 0 Å². The molecule has 2 rings (SSSR count). The van der Waals surface area contributed by atoms with Crippen molar-refractivity contribution in [3.63, 3.8) is 0 Å². The van der Waals surface area contributed by atoms with Crippen LogP contribution in [0.4, 0.5) is 0 Å². The van der Waals surface area contributed by atoms with Crippen LogP contribution in [0.15, 0.2) is 23.1 Å². The van der Waals surface area contributed by atoms with Gasteiger partial charge in [0.1, 0.15) is 16.4 Å². The van der Waals surface area contributed by atoms with E-state index in [2.05, 4.69) is 0 Å². The molecule has 9 nitrogen and oxygen atoms in total. The molecule has 1 saturated heterocycles. The molecular weight excluding hydrogens is 372 g/mol. The molecule has 0 aliphatic carbocycles. The van der Waals surface area contributed by atoms with Crippen LogP contribution in [0.2, 0.25) is 0 Å². The van der Waals surface area contributed by atoms with Crippen LogP contribution in [0, 0.1) is 0 Å². The van der Waals surface area contributed by atoms with Gasteiger partial charge in [-0.05, 0) is 12.1 Å². The molecule has 0 aromatic heterocycles. The second-order valence-corrected chi connectivity index (χ2v) is 9.65. The van der Waals surface area contributed by atoms with Gasteiger partial charge in [-0.2, -0.15) is 4.31 Å². The van der Waals surface area contributed by atoms with Crippen molar-refractivity contribution < 1.29 is 31.4 Å². The van der Waals surface area contributed by atoms with Gasteiger partial charge in [0.25, 0.3) is 0 Å². The highest BCUT2D eigenvalue weighted by Crippen LogP contribution is 2.33. The minimum absolute atomic E-state index is 0.0268. The fourth-order valence-electron chi connectivity index (χ4n) is 2.79. The van der Waals surface area contributed by atoms with Crippen LogP contribution in [-0.2, 0) is 19.9 Å². The standard InChI is InChI=1S/C14H22N2O7S2/c1-22-10-3-4-14(13(7-10)23-2)25(20,21)16(6-5-15)11-8-24(18,19)9-12(11)17/h3-4,7,11-12,17H,5-6,8-9,15H2,1-2H3/t11-,12-/m1/s1. The first kappa shape index (κ1) is 19.9. The first-order valence-corrected chi connectivity index (χ1v) is 10.7. The second kappa shape index (κ2) is 7.46. The molecule has 0 unspecified atom stereocenters. The summed E-state index contributed by atoms with van der Waals surface area (Å²) < 4.78 is 60.9. The maximum Gasteiger partial charge on any atom is 0.247 e. The van der Waals surface area contributed by atoms with E-state index in [0.717, 1.165) is 4.31 Å². The van der Waals surface area contributed by atoms with E-state index in [1.54, 1.807) is 0 Å². The van der Waals surface area contributed by atoms with E-state index >= 15 is 0 Å².